The molecule has 1 nitrogen and oxygen atoms in total. The van der Waals surface area contributed by atoms with E-state index in [-0.39, 0.29) is 0 Å². The lowest BCUT2D eigenvalue weighted by Gasteiger charge is -2.05. The fourth-order valence-corrected chi connectivity index (χ4v) is 1.35. The Morgan fingerprint density at radius 1 is 1.58 bits per heavy atom. The van der Waals surface area contributed by atoms with Gasteiger partial charge in [0, 0.05) is 4.47 Å². The summed E-state index contributed by atoms with van der Waals surface area (Å²) in [6, 6.07) is 5.66. The SMILES string of the molecule is C#CCNc1cccc(Br)c1Cl. The van der Waals surface area contributed by atoms with Crippen LogP contribution in [0, 0.1) is 12.3 Å². The summed E-state index contributed by atoms with van der Waals surface area (Å²) in [6.45, 7) is 0.482. The molecular weight excluding hydrogens is 237 g/mol. The van der Waals surface area contributed by atoms with Crippen molar-refractivity contribution in [1.82, 2.24) is 0 Å². The molecule has 12 heavy (non-hydrogen) atoms. The minimum atomic E-state index is 0.482. The van der Waals surface area contributed by atoms with Crippen LogP contribution in [0.5, 0.6) is 0 Å². The Labute approximate surface area is 85.2 Å². The molecule has 1 aromatic rings. The molecule has 0 atom stereocenters. The van der Waals surface area contributed by atoms with Crippen LogP contribution in [0.3, 0.4) is 0 Å². The highest BCUT2D eigenvalue weighted by molar-refractivity contribution is 9.10. The Kier molecular flexibility index (Phi) is 3.46. The van der Waals surface area contributed by atoms with Crippen molar-refractivity contribution in [2.24, 2.45) is 0 Å². The average Bonchev–Trinajstić information content (AvgIpc) is 2.08. The number of nitrogens with one attached hydrogen (secondary N) is 1. The van der Waals surface area contributed by atoms with Gasteiger partial charge in [-0.05, 0) is 28.1 Å². The maximum atomic E-state index is 5.95. The molecule has 0 amide bonds. The highest BCUT2D eigenvalue weighted by atomic mass is 79.9. The van der Waals surface area contributed by atoms with E-state index in [4.69, 9.17) is 18.0 Å². The summed E-state index contributed by atoms with van der Waals surface area (Å²) >= 11 is 9.27. The molecular formula is C9H7BrClN. The van der Waals surface area contributed by atoms with Gasteiger partial charge in [0.15, 0.2) is 0 Å². The zero-order chi connectivity index (χ0) is 8.97. The van der Waals surface area contributed by atoms with E-state index < -0.39 is 0 Å². The number of benzene rings is 1. The van der Waals surface area contributed by atoms with Crippen LogP contribution >= 0.6 is 27.5 Å². The smallest absolute Gasteiger partial charge is 0.0779 e. The molecule has 0 bridgehead atoms. The Morgan fingerprint density at radius 2 is 2.33 bits per heavy atom. The highest BCUT2D eigenvalue weighted by Gasteiger charge is 2.01. The topological polar surface area (TPSA) is 12.0 Å². The molecule has 1 N–H and O–H groups in total. The van der Waals surface area contributed by atoms with E-state index in [0.29, 0.717) is 11.6 Å². The van der Waals surface area contributed by atoms with Crippen LogP contribution in [0.4, 0.5) is 5.69 Å². The van der Waals surface area contributed by atoms with Crippen LogP contribution in [0.25, 0.3) is 0 Å². The first-order valence-corrected chi connectivity index (χ1v) is 4.54. The summed E-state index contributed by atoms with van der Waals surface area (Å²) in [5.74, 6) is 2.48. The first-order valence-electron chi connectivity index (χ1n) is 3.37. The van der Waals surface area contributed by atoms with Gasteiger partial charge in [-0.2, -0.15) is 0 Å². The number of hydrogen-bond donors (Lipinski definition) is 1. The second-order valence-corrected chi connectivity index (χ2v) is 3.39. The summed E-state index contributed by atoms with van der Waals surface area (Å²) in [5, 5.41) is 3.67. The van der Waals surface area contributed by atoms with Crippen molar-refractivity contribution in [3.8, 4) is 12.3 Å². The van der Waals surface area contributed by atoms with Gasteiger partial charge in [0.25, 0.3) is 0 Å². The third kappa shape index (κ3) is 2.17. The van der Waals surface area contributed by atoms with Crippen LogP contribution in [0.1, 0.15) is 0 Å². The standard InChI is InChI=1S/C9H7BrClN/c1-2-6-12-8-5-3-4-7(10)9(8)11/h1,3-5,12H,6H2. The molecule has 1 rings (SSSR count). The van der Waals surface area contributed by atoms with Crippen LogP contribution in [-0.4, -0.2) is 6.54 Å². The van der Waals surface area contributed by atoms with Gasteiger partial charge in [0.05, 0.1) is 17.3 Å². The minimum Gasteiger partial charge on any atom is -0.373 e. The van der Waals surface area contributed by atoms with Gasteiger partial charge in [-0.1, -0.05) is 23.6 Å². The van der Waals surface area contributed by atoms with Crippen molar-refractivity contribution < 1.29 is 0 Å². The van der Waals surface area contributed by atoms with Gasteiger partial charge >= 0.3 is 0 Å². The van der Waals surface area contributed by atoms with Crippen LogP contribution in [0.2, 0.25) is 5.02 Å². The van der Waals surface area contributed by atoms with Crippen molar-refractivity contribution in [1.29, 1.82) is 0 Å². The molecule has 0 aliphatic heterocycles. The van der Waals surface area contributed by atoms with E-state index in [1.54, 1.807) is 0 Å². The monoisotopic (exact) mass is 243 g/mol. The molecule has 0 saturated carbocycles. The molecule has 3 heteroatoms. The maximum Gasteiger partial charge on any atom is 0.0779 e. The molecule has 0 aromatic heterocycles. The fraction of sp³-hybridized carbons (Fsp3) is 0.111. The molecule has 0 aliphatic carbocycles. The fourth-order valence-electron chi connectivity index (χ4n) is 0.787. The van der Waals surface area contributed by atoms with Gasteiger partial charge in [0.2, 0.25) is 0 Å². The van der Waals surface area contributed by atoms with E-state index in [9.17, 15) is 0 Å². The Morgan fingerprint density at radius 3 is 3.00 bits per heavy atom. The summed E-state index contributed by atoms with van der Waals surface area (Å²) in [7, 11) is 0. The van der Waals surface area contributed by atoms with Gasteiger partial charge < -0.3 is 5.32 Å². The van der Waals surface area contributed by atoms with Gasteiger partial charge in [-0.15, -0.1) is 6.42 Å². The van der Waals surface area contributed by atoms with Gasteiger partial charge in [-0.25, -0.2) is 0 Å². The highest BCUT2D eigenvalue weighted by Crippen LogP contribution is 2.29. The van der Waals surface area contributed by atoms with E-state index in [1.807, 2.05) is 18.2 Å². The van der Waals surface area contributed by atoms with Crippen LogP contribution in [-0.2, 0) is 0 Å². The first-order chi connectivity index (χ1) is 5.75. The second-order valence-electron chi connectivity index (χ2n) is 2.16. The number of rotatable bonds is 2. The lowest BCUT2D eigenvalue weighted by molar-refractivity contribution is 1.38. The molecule has 0 unspecified atom stereocenters. The van der Waals surface area contributed by atoms with Gasteiger partial charge in [0.1, 0.15) is 0 Å². The third-order valence-electron chi connectivity index (χ3n) is 1.33. The molecule has 0 fully saturated rings. The average molecular weight is 245 g/mol. The molecule has 0 saturated heterocycles. The summed E-state index contributed by atoms with van der Waals surface area (Å²) < 4.78 is 0.867. The first kappa shape index (κ1) is 9.44. The number of terminal acetylenes is 1. The van der Waals surface area contributed by atoms with Crippen molar-refractivity contribution in [3.63, 3.8) is 0 Å². The molecule has 0 aliphatic rings. The molecule has 0 heterocycles. The molecule has 0 spiro atoms. The van der Waals surface area contributed by atoms with E-state index in [2.05, 4.69) is 27.2 Å². The Bertz CT molecular complexity index is 317. The molecule has 62 valence electrons. The third-order valence-corrected chi connectivity index (χ3v) is 2.63. The van der Waals surface area contributed by atoms with Gasteiger partial charge in [-0.3, -0.25) is 0 Å². The zero-order valence-electron chi connectivity index (χ0n) is 6.27. The maximum absolute atomic E-state index is 5.95. The molecule has 0 radical (unpaired) electrons. The number of anilines is 1. The van der Waals surface area contributed by atoms with Crippen LogP contribution < -0.4 is 5.32 Å². The van der Waals surface area contributed by atoms with Crippen molar-refractivity contribution in [2.75, 3.05) is 11.9 Å². The minimum absolute atomic E-state index is 0.482. The van der Waals surface area contributed by atoms with Crippen molar-refractivity contribution >= 4 is 33.2 Å². The predicted molar refractivity (Wildman–Crippen MR) is 56.5 cm³/mol. The van der Waals surface area contributed by atoms with E-state index in [0.717, 1.165) is 10.2 Å². The Balaban J connectivity index is 2.86. The van der Waals surface area contributed by atoms with Crippen molar-refractivity contribution in [3.05, 3.63) is 27.7 Å². The number of hydrogen-bond acceptors (Lipinski definition) is 1. The Hall–Kier alpha value is -0.650. The molecule has 1 aromatic carbocycles. The van der Waals surface area contributed by atoms with E-state index >= 15 is 0 Å². The lowest BCUT2D eigenvalue weighted by atomic mass is 10.3. The number of halogens is 2. The summed E-state index contributed by atoms with van der Waals surface area (Å²) in [6.07, 6.45) is 5.10. The summed E-state index contributed by atoms with van der Waals surface area (Å²) in [5.41, 5.74) is 0.851. The summed E-state index contributed by atoms with van der Waals surface area (Å²) in [4.78, 5) is 0. The largest absolute Gasteiger partial charge is 0.373 e. The lowest BCUT2D eigenvalue weighted by Crippen LogP contribution is -1.98. The second kappa shape index (κ2) is 4.39. The van der Waals surface area contributed by atoms with Crippen molar-refractivity contribution in [2.45, 2.75) is 0 Å². The van der Waals surface area contributed by atoms with E-state index in [1.165, 1.54) is 0 Å². The predicted octanol–water partition coefficient (Wildman–Crippen LogP) is 3.15. The normalized spacial score (nSPS) is 9.08. The quantitative estimate of drug-likeness (QED) is 0.788. The zero-order valence-corrected chi connectivity index (χ0v) is 8.61. The van der Waals surface area contributed by atoms with Crippen LogP contribution in [0.15, 0.2) is 22.7 Å².